The van der Waals surface area contributed by atoms with E-state index in [-0.39, 0.29) is 11.8 Å². The molecule has 1 saturated heterocycles. The fraction of sp³-hybridized carbons (Fsp3) is 0.238. The van der Waals surface area contributed by atoms with E-state index in [1.165, 1.54) is 6.92 Å². The molecule has 1 aromatic carbocycles. The molecule has 4 rings (SSSR count). The van der Waals surface area contributed by atoms with Gasteiger partial charge in [0.15, 0.2) is 0 Å². The quantitative estimate of drug-likeness (QED) is 0.719. The minimum atomic E-state index is -0.245. The average molecular weight is 407 g/mol. The largest absolute Gasteiger partial charge is 0.368 e. The third kappa shape index (κ3) is 4.12. The van der Waals surface area contributed by atoms with Crippen molar-refractivity contribution in [2.75, 3.05) is 36.4 Å². The van der Waals surface area contributed by atoms with Crippen LogP contribution in [0.3, 0.4) is 0 Å². The molecular formula is C21H21N5O2S. The molecule has 0 aliphatic carbocycles. The summed E-state index contributed by atoms with van der Waals surface area (Å²) >= 11 is 1.10. The molecule has 0 saturated carbocycles. The zero-order valence-electron chi connectivity index (χ0n) is 16.0. The number of aromatic nitrogens is 2. The molecule has 1 fully saturated rings. The highest BCUT2D eigenvalue weighted by molar-refractivity contribution is 7.09. The van der Waals surface area contributed by atoms with Crippen LogP contribution in [0.15, 0.2) is 54.7 Å². The Balaban J connectivity index is 1.54. The van der Waals surface area contributed by atoms with E-state index in [0.717, 1.165) is 30.3 Å². The Labute approximate surface area is 173 Å². The highest BCUT2D eigenvalue weighted by Gasteiger charge is 2.28. The molecule has 0 bridgehead atoms. The predicted octanol–water partition coefficient (Wildman–Crippen LogP) is 3.13. The maximum Gasteiger partial charge on any atom is 0.267 e. The van der Waals surface area contributed by atoms with Crippen molar-refractivity contribution in [1.82, 2.24) is 14.3 Å². The number of para-hydroxylation sites is 1. The minimum absolute atomic E-state index is 0.110. The minimum Gasteiger partial charge on any atom is -0.368 e. The van der Waals surface area contributed by atoms with E-state index in [9.17, 15) is 9.59 Å². The Morgan fingerprint density at radius 2 is 1.72 bits per heavy atom. The summed E-state index contributed by atoms with van der Waals surface area (Å²) in [4.78, 5) is 33.8. The number of benzene rings is 1. The molecule has 1 aliphatic rings. The Kier molecular flexibility index (Phi) is 5.53. The van der Waals surface area contributed by atoms with Gasteiger partial charge in [0.05, 0.1) is 11.4 Å². The first-order chi connectivity index (χ1) is 14.1. The average Bonchev–Trinajstić information content (AvgIpc) is 3.17. The van der Waals surface area contributed by atoms with Gasteiger partial charge in [0.25, 0.3) is 5.91 Å². The van der Waals surface area contributed by atoms with Gasteiger partial charge in [0, 0.05) is 45.0 Å². The molecular weight excluding hydrogens is 386 g/mol. The van der Waals surface area contributed by atoms with Crippen molar-refractivity contribution in [1.29, 1.82) is 0 Å². The molecule has 0 unspecified atom stereocenters. The van der Waals surface area contributed by atoms with Gasteiger partial charge < -0.3 is 15.1 Å². The molecule has 148 valence electrons. The first-order valence-corrected chi connectivity index (χ1v) is 10.2. The van der Waals surface area contributed by atoms with E-state index in [4.69, 9.17) is 0 Å². The molecule has 0 atom stereocenters. The summed E-state index contributed by atoms with van der Waals surface area (Å²) in [5.74, 6) is -0.355. The summed E-state index contributed by atoms with van der Waals surface area (Å²) in [5, 5.41) is 2.79. The van der Waals surface area contributed by atoms with Gasteiger partial charge >= 0.3 is 0 Å². The number of nitrogens with one attached hydrogen (secondary N) is 1. The van der Waals surface area contributed by atoms with Crippen molar-refractivity contribution in [3.8, 4) is 11.4 Å². The number of hydrogen-bond acceptors (Lipinski definition) is 6. The van der Waals surface area contributed by atoms with Gasteiger partial charge in [-0.3, -0.25) is 14.6 Å². The number of anilines is 2. The molecule has 29 heavy (non-hydrogen) atoms. The van der Waals surface area contributed by atoms with Gasteiger partial charge in [0.1, 0.15) is 10.6 Å². The lowest BCUT2D eigenvalue weighted by atomic mass is 10.2. The van der Waals surface area contributed by atoms with Crippen LogP contribution < -0.4 is 10.2 Å². The third-order valence-electron chi connectivity index (χ3n) is 4.78. The molecule has 8 heteroatoms. The van der Waals surface area contributed by atoms with Gasteiger partial charge in [-0.1, -0.05) is 24.3 Å². The fourth-order valence-corrected chi connectivity index (χ4v) is 4.17. The first-order valence-electron chi connectivity index (χ1n) is 9.41. The highest BCUT2D eigenvalue weighted by Crippen LogP contribution is 2.33. The van der Waals surface area contributed by atoms with E-state index in [1.807, 2.05) is 41.3 Å². The zero-order valence-corrected chi connectivity index (χ0v) is 16.9. The fourth-order valence-electron chi connectivity index (χ4n) is 3.36. The normalized spacial score (nSPS) is 14.0. The highest BCUT2D eigenvalue weighted by atomic mass is 32.1. The molecule has 1 N–H and O–H groups in total. The van der Waals surface area contributed by atoms with Crippen molar-refractivity contribution in [2.45, 2.75) is 6.92 Å². The summed E-state index contributed by atoms with van der Waals surface area (Å²) in [6, 6.07) is 15.7. The first kappa shape index (κ1) is 19.1. The van der Waals surface area contributed by atoms with E-state index in [1.54, 1.807) is 6.20 Å². The lowest BCUT2D eigenvalue weighted by Gasteiger charge is -2.36. The second kappa shape index (κ2) is 8.40. The van der Waals surface area contributed by atoms with Crippen molar-refractivity contribution in [3.63, 3.8) is 0 Å². The molecule has 0 spiro atoms. The second-order valence-corrected chi connectivity index (χ2v) is 7.52. The van der Waals surface area contributed by atoms with Crippen LogP contribution >= 0.6 is 11.5 Å². The van der Waals surface area contributed by atoms with E-state index in [0.29, 0.717) is 35.0 Å². The molecule has 3 heterocycles. The summed E-state index contributed by atoms with van der Waals surface area (Å²) in [5.41, 5.74) is 2.75. The number of amides is 2. The number of carbonyl (C=O) groups is 2. The number of piperazine rings is 1. The van der Waals surface area contributed by atoms with Crippen LogP contribution in [0.5, 0.6) is 0 Å². The molecule has 2 amide bonds. The van der Waals surface area contributed by atoms with E-state index < -0.39 is 0 Å². The van der Waals surface area contributed by atoms with Crippen LogP contribution in [0.2, 0.25) is 0 Å². The van der Waals surface area contributed by atoms with Crippen LogP contribution in [0.25, 0.3) is 11.4 Å². The van der Waals surface area contributed by atoms with E-state index >= 15 is 0 Å². The van der Waals surface area contributed by atoms with Crippen LogP contribution in [0, 0.1) is 0 Å². The molecule has 2 aromatic heterocycles. The monoisotopic (exact) mass is 407 g/mol. The summed E-state index contributed by atoms with van der Waals surface area (Å²) in [6.07, 6.45) is 1.66. The van der Waals surface area contributed by atoms with Gasteiger partial charge in [-0.05, 0) is 35.8 Å². The van der Waals surface area contributed by atoms with Gasteiger partial charge in [-0.25, -0.2) is 0 Å². The number of hydrogen-bond donors (Lipinski definition) is 1. The maximum atomic E-state index is 13.2. The molecule has 1 aliphatic heterocycles. The van der Waals surface area contributed by atoms with Crippen LogP contribution in [-0.2, 0) is 4.79 Å². The second-order valence-electron chi connectivity index (χ2n) is 6.75. The van der Waals surface area contributed by atoms with Gasteiger partial charge in [0.2, 0.25) is 5.91 Å². The van der Waals surface area contributed by atoms with Gasteiger partial charge in [-0.15, -0.1) is 0 Å². The van der Waals surface area contributed by atoms with E-state index in [2.05, 4.69) is 31.7 Å². The van der Waals surface area contributed by atoms with Crippen LogP contribution in [0.4, 0.5) is 11.4 Å². The number of nitrogens with zero attached hydrogens (tertiary/aromatic N) is 4. The summed E-state index contributed by atoms with van der Waals surface area (Å²) in [6.45, 7) is 4.18. The van der Waals surface area contributed by atoms with Gasteiger partial charge in [-0.2, -0.15) is 4.37 Å². The van der Waals surface area contributed by atoms with Crippen molar-refractivity contribution in [2.24, 2.45) is 0 Å². The van der Waals surface area contributed by atoms with Crippen molar-refractivity contribution >= 4 is 34.7 Å². The summed E-state index contributed by atoms with van der Waals surface area (Å²) < 4.78 is 4.42. The Hall–Kier alpha value is -3.26. The SMILES string of the molecule is CC(=O)Nc1c(-c2ccccn2)nsc1C(=O)N1CCN(c2ccccc2)CC1. The van der Waals surface area contributed by atoms with Crippen LogP contribution in [-0.4, -0.2) is 52.3 Å². The Morgan fingerprint density at radius 3 is 2.38 bits per heavy atom. The smallest absolute Gasteiger partial charge is 0.267 e. The van der Waals surface area contributed by atoms with Crippen molar-refractivity contribution in [3.05, 3.63) is 59.6 Å². The standard InChI is InChI=1S/C21H21N5O2S/c1-15(27)23-19-18(17-9-5-6-10-22-17)24-29-20(19)21(28)26-13-11-25(12-14-26)16-7-3-2-4-8-16/h2-10H,11-14H2,1H3,(H,23,27). The maximum absolute atomic E-state index is 13.2. The third-order valence-corrected chi connectivity index (χ3v) is 5.62. The molecule has 3 aromatic rings. The molecule has 7 nitrogen and oxygen atoms in total. The topological polar surface area (TPSA) is 78.4 Å². The lowest BCUT2D eigenvalue weighted by Crippen LogP contribution is -2.48. The number of carbonyl (C=O) groups excluding carboxylic acids is 2. The lowest BCUT2D eigenvalue weighted by molar-refractivity contribution is -0.114. The van der Waals surface area contributed by atoms with Crippen molar-refractivity contribution < 1.29 is 9.59 Å². The Bertz CT molecular complexity index is 998. The van der Waals surface area contributed by atoms with Crippen LogP contribution in [0.1, 0.15) is 16.6 Å². The predicted molar refractivity (Wildman–Crippen MR) is 114 cm³/mol. The number of rotatable bonds is 4. The number of pyridine rings is 1. The zero-order chi connectivity index (χ0) is 20.2. The molecule has 0 radical (unpaired) electrons. The summed E-state index contributed by atoms with van der Waals surface area (Å²) in [7, 11) is 0. The Morgan fingerprint density at radius 1 is 1.00 bits per heavy atom.